The Bertz CT molecular complexity index is 394. The molecule has 0 radical (unpaired) electrons. The molecule has 0 aliphatic carbocycles. The molecule has 0 aromatic carbocycles. The fourth-order valence-electron chi connectivity index (χ4n) is 2.55. The molecule has 1 aromatic rings. The third kappa shape index (κ3) is 5.24. The van der Waals surface area contributed by atoms with Gasteiger partial charge in [0.25, 0.3) is 0 Å². The van der Waals surface area contributed by atoms with Crippen LogP contribution in [0, 0.1) is 5.92 Å². The Labute approximate surface area is 134 Å². The zero-order valence-corrected chi connectivity index (χ0v) is 14.4. The van der Waals surface area contributed by atoms with E-state index in [1.165, 1.54) is 6.42 Å². The molecule has 1 unspecified atom stereocenters. The van der Waals surface area contributed by atoms with E-state index in [0.717, 1.165) is 31.0 Å². The molecule has 2 heterocycles. The molecule has 1 aliphatic heterocycles. The van der Waals surface area contributed by atoms with Gasteiger partial charge in [-0.3, -0.25) is 0 Å². The van der Waals surface area contributed by atoms with Crippen LogP contribution in [0.1, 0.15) is 45.6 Å². The lowest BCUT2D eigenvalue weighted by Gasteiger charge is -2.27. The Morgan fingerprint density at radius 3 is 2.70 bits per heavy atom. The standard InChI is InChI=1S/C14H25N3O.2ClH/c1-10(2)7-12-8-11(17-18-12)9-15-13-5-6-16-14(13,3)4;;/h8,10,13,15-16H,5-7,9H2,1-4H3;2*1H. The van der Waals surface area contributed by atoms with Gasteiger partial charge in [0.05, 0.1) is 5.69 Å². The third-order valence-electron chi connectivity index (χ3n) is 3.63. The zero-order chi connectivity index (χ0) is 13.2. The van der Waals surface area contributed by atoms with E-state index in [9.17, 15) is 0 Å². The predicted molar refractivity (Wildman–Crippen MR) is 86.9 cm³/mol. The number of halogens is 2. The van der Waals surface area contributed by atoms with Crippen molar-refractivity contribution in [3.05, 3.63) is 17.5 Å². The van der Waals surface area contributed by atoms with E-state index >= 15 is 0 Å². The summed E-state index contributed by atoms with van der Waals surface area (Å²) in [5, 5.41) is 11.2. The lowest BCUT2D eigenvalue weighted by molar-refractivity contribution is 0.337. The summed E-state index contributed by atoms with van der Waals surface area (Å²) >= 11 is 0. The molecule has 6 heteroatoms. The first-order chi connectivity index (χ1) is 8.47. The van der Waals surface area contributed by atoms with Crippen LogP contribution in [0.2, 0.25) is 0 Å². The largest absolute Gasteiger partial charge is 0.361 e. The molecular formula is C14H27Cl2N3O. The molecule has 4 nitrogen and oxygen atoms in total. The van der Waals surface area contributed by atoms with Gasteiger partial charge in [-0.05, 0) is 32.7 Å². The molecule has 0 spiro atoms. The van der Waals surface area contributed by atoms with Crippen LogP contribution in [0.4, 0.5) is 0 Å². The minimum absolute atomic E-state index is 0. The van der Waals surface area contributed by atoms with Crippen LogP contribution in [-0.2, 0) is 13.0 Å². The summed E-state index contributed by atoms with van der Waals surface area (Å²) in [5.74, 6) is 1.60. The number of nitrogens with one attached hydrogen (secondary N) is 2. The Morgan fingerprint density at radius 2 is 2.15 bits per heavy atom. The van der Waals surface area contributed by atoms with Crippen molar-refractivity contribution in [1.29, 1.82) is 0 Å². The maximum atomic E-state index is 5.34. The highest BCUT2D eigenvalue weighted by atomic mass is 35.5. The van der Waals surface area contributed by atoms with E-state index in [1.807, 2.05) is 0 Å². The molecule has 0 bridgehead atoms. The van der Waals surface area contributed by atoms with Gasteiger partial charge in [0.2, 0.25) is 0 Å². The molecule has 2 rings (SSSR count). The Morgan fingerprint density at radius 1 is 1.45 bits per heavy atom. The van der Waals surface area contributed by atoms with Crippen LogP contribution in [0.5, 0.6) is 0 Å². The van der Waals surface area contributed by atoms with E-state index < -0.39 is 0 Å². The van der Waals surface area contributed by atoms with Crippen molar-refractivity contribution in [1.82, 2.24) is 15.8 Å². The van der Waals surface area contributed by atoms with Crippen LogP contribution < -0.4 is 10.6 Å². The Balaban J connectivity index is 0.00000180. The van der Waals surface area contributed by atoms with Crippen molar-refractivity contribution in [3.63, 3.8) is 0 Å². The van der Waals surface area contributed by atoms with Gasteiger partial charge in [-0.25, -0.2) is 0 Å². The molecule has 1 fully saturated rings. The summed E-state index contributed by atoms with van der Waals surface area (Å²) in [6, 6.07) is 2.57. The highest BCUT2D eigenvalue weighted by Crippen LogP contribution is 2.19. The average molecular weight is 324 g/mol. The van der Waals surface area contributed by atoms with E-state index in [4.69, 9.17) is 4.52 Å². The second kappa shape index (κ2) is 8.23. The lowest BCUT2D eigenvalue weighted by atomic mass is 9.97. The van der Waals surface area contributed by atoms with Crippen molar-refractivity contribution < 1.29 is 4.52 Å². The summed E-state index contributed by atoms with van der Waals surface area (Å²) in [7, 11) is 0. The summed E-state index contributed by atoms with van der Waals surface area (Å²) in [6.07, 6.45) is 2.13. The molecule has 0 saturated carbocycles. The van der Waals surface area contributed by atoms with Crippen LogP contribution in [0.15, 0.2) is 10.6 Å². The molecule has 1 aromatic heterocycles. The number of nitrogens with zero attached hydrogens (tertiary/aromatic N) is 1. The second-order valence-electron chi connectivity index (χ2n) is 6.25. The van der Waals surface area contributed by atoms with Gasteiger partial charge in [-0.15, -0.1) is 24.8 Å². The van der Waals surface area contributed by atoms with E-state index in [1.54, 1.807) is 0 Å². The zero-order valence-electron chi connectivity index (χ0n) is 12.7. The van der Waals surface area contributed by atoms with Crippen LogP contribution >= 0.6 is 24.8 Å². The normalized spacial score (nSPS) is 20.6. The highest BCUT2D eigenvalue weighted by Gasteiger charge is 2.33. The van der Waals surface area contributed by atoms with E-state index in [2.05, 4.69) is 49.6 Å². The van der Waals surface area contributed by atoms with Crippen molar-refractivity contribution in [2.75, 3.05) is 6.54 Å². The van der Waals surface area contributed by atoms with Crippen molar-refractivity contribution in [2.24, 2.45) is 5.92 Å². The summed E-state index contributed by atoms with van der Waals surface area (Å²) in [5.41, 5.74) is 1.18. The molecule has 1 atom stereocenters. The molecule has 0 amide bonds. The molecule has 118 valence electrons. The van der Waals surface area contributed by atoms with Gasteiger partial charge >= 0.3 is 0 Å². The summed E-state index contributed by atoms with van der Waals surface area (Å²) in [4.78, 5) is 0. The number of hydrogen-bond acceptors (Lipinski definition) is 4. The summed E-state index contributed by atoms with van der Waals surface area (Å²) < 4.78 is 5.34. The molecular weight excluding hydrogens is 297 g/mol. The number of rotatable bonds is 5. The maximum Gasteiger partial charge on any atom is 0.137 e. The third-order valence-corrected chi connectivity index (χ3v) is 3.63. The van der Waals surface area contributed by atoms with Crippen molar-refractivity contribution in [2.45, 2.75) is 58.7 Å². The van der Waals surface area contributed by atoms with Gasteiger partial charge < -0.3 is 15.2 Å². The van der Waals surface area contributed by atoms with Crippen LogP contribution in [0.3, 0.4) is 0 Å². The number of aromatic nitrogens is 1. The molecule has 1 saturated heterocycles. The van der Waals surface area contributed by atoms with Gasteiger partial charge in [0.1, 0.15) is 5.76 Å². The van der Waals surface area contributed by atoms with Crippen LogP contribution in [-0.4, -0.2) is 23.3 Å². The first kappa shape index (κ1) is 19.7. The fraction of sp³-hybridized carbons (Fsp3) is 0.786. The molecule has 1 aliphatic rings. The Kier molecular flexibility index (Phi) is 8.11. The highest BCUT2D eigenvalue weighted by molar-refractivity contribution is 5.85. The van der Waals surface area contributed by atoms with Gasteiger partial charge in [0.15, 0.2) is 0 Å². The second-order valence-corrected chi connectivity index (χ2v) is 6.25. The SMILES string of the molecule is CC(C)Cc1cc(CNC2CCNC2(C)C)no1.Cl.Cl. The average Bonchev–Trinajstić information content (AvgIpc) is 2.81. The first-order valence-electron chi connectivity index (χ1n) is 6.90. The topological polar surface area (TPSA) is 50.1 Å². The quantitative estimate of drug-likeness (QED) is 0.874. The minimum atomic E-state index is 0. The lowest BCUT2D eigenvalue weighted by Crippen LogP contribution is -2.48. The fourth-order valence-corrected chi connectivity index (χ4v) is 2.55. The van der Waals surface area contributed by atoms with E-state index in [0.29, 0.717) is 12.0 Å². The maximum absolute atomic E-state index is 5.34. The van der Waals surface area contributed by atoms with Gasteiger partial charge in [-0.1, -0.05) is 19.0 Å². The smallest absolute Gasteiger partial charge is 0.137 e. The van der Waals surface area contributed by atoms with Gasteiger partial charge in [0, 0.05) is 30.6 Å². The molecule has 20 heavy (non-hydrogen) atoms. The Hall–Kier alpha value is -0.290. The number of hydrogen-bond donors (Lipinski definition) is 2. The van der Waals surface area contributed by atoms with Gasteiger partial charge in [-0.2, -0.15) is 0 Å². The van der Waals surface area contributed by atoms with Crippen LogP contribution in [0.25, 0.3) is 0 Å². The predicted octanol–water partition coefficient (Wildman–Crippen LogP) is 2.95. The van der Waals surface area contributed by atoms with Crippen molar-refractivity contribution in [3.8, 4) is 0 Å². The summed E-state index contributed by atoms with van der Waals surface area (Å²) in [6.45, 7) is 10.7. The molecule has 2 N–H and O–H groups in total. The first-order valence-corrected chi connectivity index (χ1v) is 6.90. The monoisotopic (exact) mass is 323 g/mol. The minimum Gasteiger partial charge on any atom is -0.361 e. The van der Waals surface area contributed by atoms with Crippen molar-refractivity contribution >= 4 is 24.8 Å². The van der Waals surface area contributed by atoms with E-state index in [-0.39, 0.29) is 30.4 Å².